The third kappa shape index (κ3) is 3.71. The number of aryl methyl sites for hydroxylation is 1. The molecular weight excluding hydrogens is 292 g/mol. The van der Waals surface area contributed by atoms with Gasteiger partial charge in [0.1, 0.15) is 0 Å². The summed E-state index contributed by atoms with van der Waals surface area (Å²) in [7, 11) is 1.59. The second-order valence-corrected chi connectivity index (χ2v) is 5.59. The van der Waals surface area contributed by atoms with Crippen molar-refractivity contribution < 1.29 is 9.53 Å². The highest BCUT2D eigenvalue weighted by Gasteiger charge is 2.23. The van der Waals surface area contributed by atoms with E-state index in [4.69, 9.17) is 4.74 Å². The molecule has 0 spiro atoms. The van der Waals surface area contributed by atoms with Crippen molar-refractivity contribution in [1.29, 1.82) is 0 Å². The van der Waals surface area contributed by atoms with Crippen molar-refractivity contribution in [2.45, 2.75) is 31.7 Å². The monoisotopic (exact) mass is 312 g/mol. The fraction of sp³-hybridized carbons (Fsp3) is 0.412. The van der Waals surface area contributed by atoms with Gasteiger partial charge in [-0.2, -0.15) is 0 Å². The first kappa shape index (κ1) is 15.6. The van der Waals surface area contributed by atoms with Crippen LogP contribution in [-0.2, 0) is 16.0 Å². The molecule has 120 valence electrons. The zero-order chi connectivity index (χ0) is 16.1. The van der Waals surface area contributed by atoms with E-state index in [1.165, 1.54) is 0 Å². The molecule has 0 fully saturated rings. The molecule has 0 unspecified atom stereocenters. The van der Waals surface area contributed by atoms with Crippen LogP contribution in [0.25, 0.3) is 11.4 Å². The Hall–Kier alpha value is -2.34. The number of carbonyl (C=O) groups is 1. The average molecular weight is 312 g/mol. The molecule has 1 aliphatic carbocycles. The molecule has 23 heavy (non-hydrogen) atoms. The number of rotatable bonds is 5. The molecule has 6 heteroatoms. The van der Waals surface area contributed by atoms with E-state index in [-0.39, 0.29) is 11.9 Å². The summed E-state index contributed by atoms with van der Waals surface area (Å²) in [5.74, 6) is 0.684. The number of nitrogens with zero attached hydrogens (tertiary/aromatic N) is 3. The van der Waals surface area contributed by atoms with Crippen molar-refractivity contribution in [3.05, 3.63) is 42.0 Å². The van der Waals surface area contributed by atoms with Gasteiger partial charge in [0.15, 0.2) is 5.82 Å². The number of pyridine rings is 1. The van der Waals surface area contributed by atoms with Gasteiger partial charge >= 0.3 is 0 Å². The predicted octanol–water partition coefficient (Wildman–Crippen LogP) is 2.07. The fourth-order valence-electron chi connectivity index (χ4n) is 2.79. The van der Waals surface area contributed by atoms with Gasteiger partial charge in [-0.25, -0.2) is 9.97 Å². The average Bonchev–Trinajstić information content (AvgIpc) is 2.60. The molecule has 6 nitrogen and oxygen atoms in total. The largest absolute Gasteiger partial charge is 0.384 e. The second-order valence-electron chi connectivity index (χ2n) is 5.59. The van der Waals surface area contributed by atoms with Crippen LogP contribution in [0.5, 0.6) is 0 Å². The van der Waals surface area contributed by atoms with Crippen molar-refractivity contribution in [2.24, 2.45) is 0 Å². The zero-order valence-corrected chi connectivity index (χ0v) is 13.2. The summed E-state index contributed by atoms with van der Waals surface area (Å²) in [6.45, 7) is 0.432. The first-order chi connectivity index (χ1) is 11.3. The van der Waals surface area contributed by atoms with Crippen LogP contribution in [-0.4, -0.2) is 34.6 Å². The Balaban J connectivity index is 1.79. The maximum atomic E-state index is 11.9. The van der Waals surface area contributed by atoms with E-state index in [1.807, 2.05) is 18.3 Å². The number of methoxy groups -OCH3 is 1. The normalized spacial score (nSPS) is 16.7. The lowest BCUT2D eigenvalue weighted by atomic mass is 9.92. The molecule has 0 saturated carbocycles. The van der Waals surface area contributed by atoms with Crippen LogP contribution in [0.4, 0.5) is 0 Å². The van der Waals surface area contributed by atoms with Gasteiger partial charge in [0, 0.05) is 48.9 Å². The fourth-order valence-corrected chi connectivity index (χ4v) is 2.79. The van der Waals surface area contributed by atoms with E-state index >= 15 is 0 Å². The first-order valence-corrected chi connectivity index (χ1v) is 7.82. The van der Waals surface area contributed by atoms with Gasteiger partial charge in [-0.05, 0) is 31.4 Å². The molecule has 1 amide bonds. The van der Waals surface area contributed by atoms with Gasteiger partial charge in [0.25, 0.3) is 0 Å². The lowest BCUT2D eigenvalue weighted by Gasteiger charge is -2.25. The van der Waals surface area contributed by atoms with E-state index in [0.29, 0.717) is 18.9 Å². The summed E-state index contributed by atoms with van der Waals surface area (Å²) in [5, 5.41) is 3.06. The summed E-state index contributed by atoms with van der Waals surface area (Å²) >= 11 is 0. The maximum Gasteiger partial charge on any atom is 0.222 e. The number of fused-ring (bicyclic) bond motifs is 1. The molecule has 0 radical (unpaired) electrons. The molecule has 2 aromatic rings. The van der Waals surface area contributed by atoms with Crippen LogP contribution >= 0.6 is 0 Å². The number of hydrogen-bond acceptors (Lipinski definition) is 5. The standard InChI is InChI=1S/C17H20N4O2/c1-23-9-7-16(22)20-14-5-2-6-15-13(14)11-19-17(21-15)12-4-3-8-18-10-12/h3-4,8,10-11,14H,2,5-7,9H2,1H3,(H,20,22)/t14-/m1/s1. The number of amides is 1. The van der Waals surface area contributed by atoms with Crippen LogP contribution < -0.4 is 5.32 Å². The molecule has 3 rings (SSSR count). The van der Waals surface area contributed by atoms with Gasteiger partial charge in [-0.1, -0.05) is 0 Å². The highest BCUT2D eigenvalue weighted by atomic mass is 16.5. The van der Waals surface area contributed by atoms with Crippen molar-refractivity contribution in [3.63, 3.8) is 0 Å². The number of aromatic nitrogens is 3. The molecule has 1 N–H and O–H groups in total. The Labute approximate surface area is 135 Å². The summed E-state index contributed by atoms with van der Waals surface area (Å²) in [4.78, 5) is 25.2. The zero-order valence-electron chi connectivity index (χ0n) is 13.2. The molecule has 2 heterocycles. The van der Waals surface area contributed by atoms with Crippen molar-refractivity contribution in [1.82, 2.24) is 20.3 Å². The van der Waals surface area contributed by atoms with E-state index in [0.717, 1.165) is 36.1 Å². The Bertz CT molecular complexity index is 676. The molecule has 0 bridgehead atoms. The Morgan fingerprint density at radius 2 is 2.35 bits per heavy atom. The highest BCUT2D eigenvalue weighted by Crippen LogP contribution is 2.29. The molecule has 2 aromatic heterocycles. The van der Waals surface area contributed by atoms with Gasteiger partial charge < -0.3 is 10.1 Å². The smallest absolute Gasteiger partial charge is 0.222 e. The molecule has 0 saturated heterocycles. The van der Waals surface area contributed by atoms with Crippen molar-refractivity contribution in [3.8, 4) is 11.4 Å². The van der Waals surface area contributed by atoms with Crippen molar-refractivity contribution in [2.75, 3.05) is 13.7 Å². The number of hydrogen-bond donors (Lipinski definition) is 1. The van der Waals surface area contributed by atoms with Crippen LogP contribution in [0.15, 0.2) is 30.7 Å². The summed E-state index contributed by atoms with van der Waals surface area (Å²) in [6, 6.07) is 3.81. The molecule has 1 aliphatic rings. The first-order valence-electron chi connectivity index (χ1n) is 7.82. The third-order valence-corrected chi connectivity index (χ3v) is 3.97. The minimum atomic E-state index is -0.00828. The molecule has 0 aromatic carbocycles. The number of nitrogens with one attached hydrogen (secondary N) is 1. The van der Waals surface area contributed by atoms with E-state index < -0.39 is 0 Å². The second kappa shape index (κ2) is 7.28. The Kier molecular flexibility index (Phi) is 4.92. The minimum Gasteiger partial charge on any atom is -0.384 e. The molecular formula is C17H20N4O2. The molecule has 1 atom stereocenters. The summed E-state index contributed by atoms with van der Waals surface area (Å²) in [5.41, 5.74) is 2.94. The van der Waals surface area contributed by atoms with Crippen LogP contribution in [0.3, 0.4) is 0 Å². The lowest BCUT2D eigenvalue weighted by Crippen LogP contribution is -2.32. The quantitative estimate of drug-likeness (QED) is 0.914. The summed E-state index contributed by atoms with van der Waals surface area (Å²) < 4.78 is 4.94. The van der Waals surface area contributed by atoms with Crippen LogP contribution in [0.2, 0.25) is 0 Å². The minimum absolute atomic E-state index is 0.000959. The maximum absolute atomic E-state index is 11.9. The Morgan fingerprint density at radius 3 is 3.13 bits per heavy atom. The topological polar surface area (TPSA) is 77.0 Å². The SMILES string of the molecule is COCCC(=O)N[C@@H]1CCCc2nc(-c3cccnc3)ncc21. The van der Waals surface area contributed by atoms with Crippen LogP contribution in [0.1, 0.15) is 36.6 Å². The van der Waals surface area contributed by atoms with E-state index in [1.54, 1.807) is 19.5 Å². The third-order valence-electron chi connectivity index (χ3n) is 3.97. The molecule has 0 aliphatic heterocycles. The predicted molar refractivity (Wildman–Crippen MR) is 85.6 cm³/mol. The van der Waals surface area contributed by atoms with Crippen molar-refractivity contribution >= 4 is 5.91 Å². The number of carbonyl (C=O) groups excluding carboxylic acids is 1. The lowest BCUT2D eigenvalue weighted by molar-refractivity contribution is -0.122. The van der Waals surface area contributed by atoms with Gasteiger partial charge in [0.2, 0.25) is 5.91 Å². The Morgan fingerprint density at radius 1 is 1.43 bits per heavy atom. The van der Waals surface area contributed by atoms with Gasteiger partial charge in [-0.15, -0.1) is 0 Å². The summed E-state index contributed by atoms with van der Waals surface area (Å²) in [6.07, 6.45) is 8.53. The van der Waals surface area contributed by atoms with E-state index in [2.05, 4.69) is 20.3 Å². The van der Waals surface area contributed by atoms with E-state index in [9.17, 15) is 4.79 Å². The van der Waals surface area contributed by atoms with Crippen LogP contribution in [0, 0.1) is 0 Å². The van der Waals surface area contributed by atoms with Gasteiger partial charge in [-0.3, -0.25) is 9.78 Å². The highest BCUT2D eigenvalue weighted by molar-refractivity contribution is 5.76. The van der Waals surface area contributed by atoms with Gasteiger partial charge in [0.05, 0.1) is 12.6 Å². The number of ether oxygens (including phenoxy) is 1.